The number of hydrogen-bond donors (Lipinski definition) is 4. The van der Waals surface area contributed by atoms with Gasteiger partial charge >= 0.3 is 6.03 Å². The van der Waals surface area contributed by atoms with Crippen LogP contribution in [-0.2, 0) is 28.8 Å². The van der Waals surface area contributed by atoms with E-state index in [4.69, 9.17) is 4.74 Å². The van der Waals surface area contributed by atoms with Crippen LogP contribution in [0.4, 0.5) is 4.79 Å². The van der Waals surface area contributed by atoms with Gasteiger partial charge in [0.05, 0.1) is 0 Å². The maximum Gasteiger partial charge on any atom is 0.317 e. The molecule has 2 aromatic heterocycles. The fourth-order valence-electron chi connectivity index (χ4n) is 11.2. The number of nitrogens with zero attached hydrogens (tertiary/aromatic N) is 3. The van der Waals surface area contributed by atoms with Crippen LogP contribution in [0, 0.1) is 20.8 Å². The van der Waals surface area contributed by atoms with Crippen LogP contribution in [-0.4, -0.2) is 114 Å². The number of rotatable bonds is 11. The minimum atomic E-state index is -0.0135. The first-order valence-corrected chi connectivity index (χ1v) is 22.1. The number of urea groups is 1. The monoisotopic (exact) mass is 780 g/mol. The van der Waals surface area contributed by atoms with Crippen LogP contribution in [0.5, 0.6) is 0 Å². The normalized spacial score (nSPS) is 24.1. The van der Waals surface area contributed by atoms with Gasteiger partial charge < -0.3 is 30.2 Å². The predicted octanol–water partition coefficient (Wildman–Crippen LogP) is 7.62. The third kappa shape index (κ3) is 7.86. The molecule has 4 aromatic rings. The summed E-state index contributed by atoms with van der Waals surface area (Å²) in [4.78, 5) is 39.4. The Kier molecular flexibility index (Phi) is 12.7. The van der Waals surface area contributed by atoms with Crippen LogP contribution in [0.2, 0.25) is 0 Å². The smallest absolute Gasteiger partial charge is 0.317 e. The molecule has 0 saturated carbocycles. The summed E-state index contributed by atoms with van der Waals surface area (Å²) >= 11 is 0. The van der Waals surface area contributed by atoms with Crippen LogP contribution < -0.4 is 10.6 Å². The second-order valence-corrected chi connectivity index (χ2v) is 17.3. The van der Waals surface area contributed by atoms with Gasteiger partial charge in [-0.2, -0.15) is 0 Å². The molecule has 8 rings (SSSR count). The Morgan fingerprint density at radius 3 is 1.81 bits per heavy atom. The highest BCUT2D eigenvalue weighted by molar-refractivity contribution is 5.93. The molecule has 2 aromatic carbocycles. The van der Waals surface area contributed by atoms with E-state index in [1.165, 1.54) is 66.6 Å². The summed E-state index contributed by atoms with van der Waals surface area (Å²) < 4.78 is 5.01. The van der Waals surface area contributed by atoms with Crippen molar-refractivity contribution in [2.45, 2.75) is 136 Å². The van der Waals surface area contributed by atoms with Crippen molar-refractivity contribution < 1.29 is 14.3 Å². The van der Waals surface area contributed by atoms with Crippen LogP contribution in [0.25, 0.3) is 21.8 Å². The lowest BCUT2D eigenvalue weighted by molar-refractivity contribution is -0.126. The number of ether oxygens (including phenoxy) is 1. The number of fused-ring (bicyclic) bond motifs is 4. The molecule has 0 radical (unpaired) electrons. The molecule has 3 amide bonds. The SMILES string of the molecule is CCCN1C[C@@H](NC(=O)COC)C[C@@H]2c3ccc(C)c4[nH]c(C)c(c34)C[C@H]21.CCCN1C[C@@H](NC(=O)N(CC)CC)C[C@@H]2c3ccc(CC)c4[nH]c(C)c(c34)C[C@H]21. The molecule has 4 heterocycles. The van der Waals surface area contributed by atoms with E-state index in [1.807, 2.05) is 18.7 Å². The van der Waals surface area contributed by atoms with Gasteiger partial charge in [-0.25, -0.2) is 4.79 Å². The highest BCUT2D eigenvalue weighted by atomic mass is 16.5. The van der Waals surface area contributed by atoms with E-state index in [-0.39, 0.29) is 30.6 Å². The largest absolute Gasteiger partial charge is 0.375 e. The number of hydrogen-bond acceptors (Lipinski definition) is 5. The topological polar surface area (TPSA) is 109 Å². The molecule has 0 spiro atoms. The predicted molar refractivity (Wildman–Crippen MR) is 233 cm³/mol. The van der Waals surface area contributed by atoms with Crippen LogP contribution in [0.15, 0.2) is 24.3 Å². The Balaban J connectivity index is 0.000000175. The molecule has 57 heavy (non-hydrogen) atoms. The third-order valence-corrected chi connectivity index (χ3v) is 13.8. The maximum absolute atomic E-state index is 12.8. The van der Waals surface area contributed by atoms with Crippen molar-refractivity contribution >= 4 is 33.7 Å². The molecular formula is C47H69N7O3. The Morgan fingerprint density at radius 2 is 1.28 bits per heavy atom. The summed E-state index contributed by atoms with van der Waals surface area (Å²) in [5.74, 6) is 0.924. The zero-order valence-corrected chi connectivity index (χ0v) is 36.2. The van der Waals surface area contributed by atoms with Crippen LogP contribution in [0.3, 0.4) is 0 Å². The fraction of sp³-hybridized carbons (Fsp3) is 0.617. The van der Waals surface area contributed by atoms with Crippen LogP contribution >= 0.6 is 0 Å². The van der Waals surface area contributed by atoms with E-state index in [9.17, 15) is 9.59 Å². The number of nitrogens with one attached hydrogen (secondary N) is 4. The van der Waals surface area contributed by atoms with E-state index >= 15 is 0 Å². The van der Waals surface area contributed by atoms with E-state index < -0.39 is 0 Å². The van der Waals surface area contributed by atoms with Crippen molar-refractivity contribution in [3.05, 3.63) is 69.0 Å². The number of aromatic nitrogens is 2. The lowest BCUT2D eigenvalue weighted by atomic mass is 9.73. The highest BCUT2D eigenvalue weighted by Gasteiger charge is 2.43. The summed E-state index contributed by atoms with van der Waals surface area (Å²) in [6.07, 6.45) is 7.57. The lowest BCUT2D eigenvalue weighted by Crippen LogP contribution is -2.57. The Hall–Kier alpha value is -3.86. The van der Waals surface area contributed by atoms with Gasteiger partial charge in [0.25, 0.3) is 0 Å². The number of aryl methyl sites for hydroxylation is 4. The maximum atomic E-state index is 12.8. The molecule has 4 N–H and O–H groups in total. The van der Waals surface area contributed by atoms with Gasteiger partial charge in [0.2, 0.25) is 5.91 Å². The zero-order valence-electron chi connectivity index (χ0n) is 36.2. The van der Waals surface area contributed by atoms with Crippen molar-refractivity contribution in [3.63, 3.8) is 0 Å². The molecule has 10 heteroatoms. The number of aromatic amines is 2. The Labute approximate surface area is 340 Å². The minimum Gasteiger partial charge on any atom is -0.375 e. The van der Waals surface area contributed by atoms with Crippen LogP contribution in [0.1, 0.15) is 117 Å². The van der Waals surface area contributed by atoms with Gasteiger partial charge in [0.15, 0.2) is 0 Å². The van der Waals surface area contributed by atoms with E-state index in [0.717, 1.165) is 84.2 Å². The van der Waals surface area contributed by atoms with E-state index in [0.29, 0.717) is 23.9 Å². The van der Waals surface area contributed by atoms with Gasteiger partial charge in [-0.05, 0) is 126 Å². The molecule has 310 valence electrons. The number of methoxy groups -OCH3 is 1. The van der Waals surface area contributed by atoms with Crippen molar-refractivity contribution in [1.29, 1.82) is 0 Å². The van der Waals surface area contributed by atoms with Gasteiger partial charge in [-0.15, -0.1) is 0 Å². The molecule has 2 fully saturated rings. The number of likely N-dealkylation sites (tertiary alicyclic amines) is 2. The molecule has 6 atom stereocenters. The number of piperidine rings is 2. The molecule has 2 saturated heterocycles. The number of amides is 3. The van der Waals surface area contributed by atoms with Gasteiger partial charge in [-0.1, -0.05) is 45.0 Å². The summed E-state index contributed by atoms with van der Waals surface area (Å²) in [6, 6.07) is 10.8. The molecule has 0 unspecified atom stereocenters. The van der Waals surface area contributed by atoms with Crippen molar-refractivity contribution in [1.82, 2.24) is 35.3 Å². The average Bonchev–Trinajstić information content (AvgIpc) is 3.71. The first-order chi connectivity index (χ1) is 27.5. The van der Waals surface area contributed by atoms with E-state index in [1.54, 1.807) is 7.11 Å². The molecule has 10 nitrogen and oxygen atoms in total. The second kappa shape index (κ2) is 17.6. The zero-order chi connectivity index (χ0) is 40.5. The highest BCUT2D eigenvalue weighted by Crippen LogP contribution is 2.47. The lowest BCUT2D eigenvalue weighted by Gasteiger charge is -2.47. The third-order valence-electron chi connectivity index (χ3n) is 13.8. The molecule has 2 aliphatic heterocycles. The fourth-order valence-corrected chi connectivity index (χ4v) is 11.2. The second-order valence-electron chi connectivity index (χ2n) is 17.3. The Bertz CT molecular complexity index is 2060. The van der Waals surface area contributed by atoms with Gasteiger partial charge in [0, 0.05) is 102 Å². The van der Waals surface area contributed by atoms with Gasteiger partial charge in [0.1, 0.15) is 6.61 Å². The minimum absolute atomic E-state index is 0.0135. The number of carbonyl (C=O) groups excluding carboxylic acids is 2. The standard InChI is InChI=1S/C25H38N4O.C22H31N3O2/c1-6-12-29-15-18(27-25(30)28(8-3)9-4)13-21-19-11-10-17(7-2)24-23(19)20(14-22(21)29)16(5)26-24;1-5-8-25-11-15(24-20(26)12-27-4)9-18-16-7-6-13(2)22-21(16)17(10-19(18)25)14(3)23-22/h10-11,18,21-22,26H,6-9,12-15H2,1-5H3,(H,27,30);6-7,15,18-19,23H,5,8-12H2,1-4H3,(H,24,26)/t18-,21+,22+;15-,18+,19+/m00/s1. The summed E-state index contributed by atoms with van der Waals surface area (Å²) in [5, 5.41) is 9.48. The first kappa shape index (κ1) is 41.3. The van der Waals surface area contributed by atoms with Gasteiger partial charge in [-0.3, -0.25) is 14.6 Å². The summed E-state index contributed by atoms with van der Waals surface area (Å²) in [5.41, 5.74) is 14.0. The number of carbonyl (C=O) groups is 2. The number of benzene rings is 2. The van der Waals surface area contributed by atoms with Crippen molar-refractivity contribution in [3.8, 4) is 0 Å². The molecular weight excluding hydrogens is 711 g/mol. The van der Waals surface area contributed by atoms with E-state index in [2.05, 4.69) is 96.2 Å². The first-order valence-electron chi connectivity index (χ1n) is 22.1. The number of H-pyrrole nitrogens is 2. The molecule has 2 aliphatic carbocycles. The van der Waals surface area contributed by atoms with Crippen molar-refractivity contribution in [2.24, 2.45) is 0 Å². The Morgan fingerprint density at radius 1 is 0.754 bits per heavy atom. The summed E-state index contributed by atoms with van der Waals surface area (Å²) in [6.45, 7) is 23.2. The quantitative estimate of drug-likeness (QED) is 0.125. The molecule has 4 aliphatic rings. The summed E-state index contributed by atoms with van der Waals surface area (Å²) in [7, 11) is 1.57. The average molecular weight is 780 g/mol. The molecule has 0 bridgehead atoms. The van der Waals surface area contributed by atoms with Crippen molar-refractivity contribution in [2.75, 3.05) is 53.0 Å².